The number of aliphatic hydroxyl groups is 1. The van der Waals surface area contributed by atoms with Gasteiger partial charge in [0.15, 0.2) is 0 Å². The third-order valence-corrected chi connectivity index (χ3v) is 3.29. The predicted molar refractivity (Wildman–Crippen MR) is 52.6 cm³/mol. The molecule has 0 bridgehead atoms. The normalized spacial score (nSPS) is 35.0. The Morgan fingerprint density at radius 1 is 1.36 bits per heavy atom. The second-order valence-corrected chi connectivity index (χ2v) is 4.59. The third kappa shape index (κ3) is 1.91. The van der Waals surface area contributed by atoms with Crippen molar-refractivity contribution >= 4 is 5.91 Å². The van der Waals surface area contributed by atoms with E-state index in [1.807, 2.05) is 0 Å². The number of carbonyl (C=O) groups is 1. The molecule has 1 amide bonds. The van der Waals surface area contributed by atoms with Crippen LogP contribution in [0.5, 0.6) is 0 Å². The lowest BCUT2D eigenvalue weighted by Gasteiger charge is -2.29. The van der Waals surface area contributed by atoms with Crippen molar-refractivity contribution in [2.45, 2.75) is 56.2 Å². The molecule has 2 aliphatic carbocycles. The summed E-state index contributed by atoms with van der Waals surface area (Å²) in [6, 6.07) is -0.0720. The van der Waals surface area contributed by atoms with Crippen LogP contribution in [0.1, 0.15) is 38.5 Å². The van der Waals surface area contributed by atoms with Crippen molar-refractivity contribution in [2.75, 3.05) is 0 Å². The molecule has 0 heterocycles. The molecule has 2 rings (SSSR count). The lowest BCUT2D eigenvalue weighted by Crippen LogP contribution is -2.51. The SMILES string of the molecule is NC1(C(=O)N[C@@H]2CCCC[C@H]2O)CC1. The molecule has 2 saturated carbocycles. The summed E-state index contributed by atoms with van der Waals surface area (Å²) in [4.78, 5) is 11.6. The number of amides is 1. The quantitative estimate of drug-likeness (QED) is 0.580. The number of hydrogen-bond donors (Lipinski definition) is 3. The summed E-state index contributed by atoms with van der Waals surface area (Å²) in [5.74, 6) is -0.0801. The number of carbonyl (C=O) groups excluding carboxylic acids is 1. The Bertz CT molecular complexity index is 238. The molecule has 0 spiro atoms. The minimum Gasteiger partial charge on any atom is -0.391 e. The van der Waals surface area contributed by atoms with Crippen LogP contribution in [-0.4, -0.2) is 28.7 Å². The standard InChI is InChI=1S/C10H18N2O2/c11-10(5-6-10)9(14)12-7-3-1-2-4-8(7)13/h7-8,13H,1-6,11H2,(H,12,14)/t7-,8-/m1/s1. The Morgan fingerprint density at radius 2 is 2.00 bits per heavy atom. The third-order valence-electron chi connectivity index (χ3n) is 3.29. The molecule has 14 heavy (non-hydrogen) atoms. The van der Waals surface area contributed by atoms with E-state index in [-0.39, 0.29) is 18.1 Å². The lowest BCUT2D eigenvalue weighted by atomic mass is 9.92. The van der Waals surface area contributed by atoms with Crippen LogP contribution < -0.4 is 11.1 Å². The smallest absolute Gasteiger partial charge is 0.240 e. The van der Waals surface area contributed by atoms with Crippen LogP contribution in [-0.2, 0) is 4.79 Å². The largest absolute Gasteiger partial charge is 0.391 e. The van der Waals surface area contributed by atoms with Crippen LogP contribution in [0, 0.1) is 0 Å². The highest BCUT2D eigenvalue weighted by Gasteiger charge is 2.46. The molecule has 0 aromatic heterocycles. The maximum Gasteiger partial charge on any atom is 0.240 e. The van der Waals surface area contributed by atoms with E-state index in [2.05, 4.69) is 5.32 Å². The lowest BCUT2D eigenvalue weighted by molar-refractivity contribution is -0.125. The van der Waals surface area contributed by atoms with Gasteiger partial charge in [0.1, 0.15) is 0 Å². The average molecular weight is 198 g/mol. The Kier molecular flexibility index (Phi) is 2.49. The molecule has 0 radical (unpaired) electrons. The van der Waals surface area contributed by atoms with E-state index in [4.69, 9.17) is 5.73 Å². The maximum absolute atomic E-state index is 11.6. The van der Waals surface area contributed by atoms with Gasteiger partial charge in [-0.2, -0.15) is 0 Å². The summed E-state index contributed by atoms with van der Waals surface area (Å²) in [5, 5.41) is 12.5. The molecule has 4 N–H and O–H groups in total. The topological polar surface area (TPSA) is 75.4 Å². The number of nitrogens with two attached hydrogens (primary N) is 1. The van der Waals surface area contributed by atoms with Gasteiger partial charge in [0.2, 0.25) is 5.91 Å². The molecular weight excluding hydrogens is 180 g/mol. The zero-order valence-electron chi connectivity index (χ0n) is 8.33. The summed E-state index contributed by atoms with van der Waals surface area (Å²) in [5.41, 5.74) is 5.15. The molecule has 2 fully saturated rings. The highest BCUT2D eigenvalue weighted by Crippen LogP contribution is 2.32. The van der Waals surface area contributed by atoms with Crippen molar-refractivity contribution in [3.63, 3.8) is 0 Å². The Hall–Kier alpha value is -0.610. The van der Waals surface area contributed by atoms with E-state index in [1.54, 1.807) is 0 Å². The molecule has 4 heteroatoms. The number of rotatable bonds is 2. The summed E-state index contributed by atoms with van der Waals surface area (Å²) < 4.78 is 0. The average Bonchev–Trinajstić information content (AvgIpc) is 2.89. The van der Waals surface area contributed by atoms with Gasteiger partial charge in [-0.15, -0.1) is 0 Å². The van der Waals surface area contributed by atoms with Gasteiger partial charge < -0.3 is 16.2 Å². The van der Waals surface area contributed by atoms with Gasteiger partial charge in [0.25, 0.3) is 0 Å². The van der Waals surface area contributed by atoms with Crippen LogP contribution in [0.2, 0.25) is 0 Å². The van der Waals surface area contributed by atoms with Gasteiger partial charge in [-0.05, 0) is 25.7 Å². The van der Waals surface area contributed by atoms with Crippen molar-refractivity contribution in [3.8, 4) is 0 Å². The zero-order chi connectivity index (χ0) is 10.2. The van der Waals surface area contributed by atoms with Crippen molar-refractivity contribution in [1.29, 1.82) is 0 Å². The molecule has 2 aliphatic rings. The highest BCUT2D eigenvalue weighted by molar-refractivity contribution is 5.89. The van der Waals surface area contributed by atoms with E-state index < -0.39 is 5.54 Å². The predicted octanol–water partition coefficient (Wildman–Crippen LogP) is -0.103. The fourth-order valence-electron chi connectivity index (χ4n) is 1.95. The second-order valence-electron chi connectivity index (χ2n) is 4.59. The second kappa shape index (κ2) is 3.51. The minimum absolute atomic E-state index is 0.0720. The first-order chi connectivity index (χ1) is 6.62. The van der Waals surface area contributed by atoms with Crippen LogP contribution >= 0.6 is 0 Å². The van der Waals surface area contributed by atoms with Crippen molar-refractivity contribution in [1.82, 2.24) is 5.32 Å². The van der Waals surface area contributed by atoms with Crippen LogP contribution in [0.25, 0.3) is 0 Å². The summed E-state index contributed by atoms with van der Waals surface area (Å²) in [6.45, 7) is 0. The van der Waals surface area contributed by atoms with E-state index in [9.17, 15) is 9.90 Å². The minimum atomic E-state index is -0.614. The Balaban J connectivity index is 1.86. The number of nitrogens with one attached hydrogen (secondary N) is 1. The van der Waals surface area contributed by atoms with Gasteiger partial charge in [0, 0.05) is 0 Å². The van der Waals surface area contributed by atoms with Crippen molar-refractivity contribution in [2.24, 2.45) is 5.73 Å². The van der Waals surface area contributed by atoms with Gasteiger partial charge in [-0.1, -0.05) is 12.8 Å². The molecule has 0 aromatic rings. The van der Waals surface area contributed by atoms with Crippen molar-refractivity contribution < 1.29 is 9.90 Å². The molecule has 0 saturated heterocycles. The van der Waals surface area contributed by atoms with Gasteiger partial charge >= 0.3 is 0 Å². The molecule has 80 valence electrons. The van der Waals surface area contributed by atoms with E-state index >= 15 is 0 Å². The van der Waals surface area contributed by atoms with Crippen LogP contribution in [0.4, 0.5) is 0 Å². The van der Waals surface area contributed by atoms with E-state index in [0.29, 0.717) is 0 Å². The maximum atomic E-state index is 11.6. The molecule has 2 atom stereocenters. The zero-order valence-corrected chi connectivity index (χ0v) is 8.33. The van der Waals surface area contributed by atoms with Crippen LogP contribution in [0.3, 0.4) is 0 Å². The molecule has 4 nitrogen and oxygen atoms in total. The molecule has 0 unspecified atom stereocenters. The summed E-state index contributed by atoms with van der Waals surface area (Å²) >= 11 is 0. The first-order valence-electron chi connectivity index (χ1n) is 5.40. The Morgan fingerprint density at radius 3 is 2.57 bits per heavy atom. The fraction of sp³-hybridized carbons (Fsp3) is 0.900. The van der Waals surface area contributed by atoms with E-state index in [1.165, 1.54) is 0 Å². The van der Waals surface area contributed by atoms with Crippen molar-refractivity contribution in [3.05, 3.63) is 0 Å². The van der Waals surface area contributed by atoms with Gasteiger partial charge in [-0.25, -0.2) is 0 Å². The van der Waals surface area contributed by atoms with Crippen LogP contribution in [0.15, 0.2) is 0 Å². The summed E-state index contributed by atoms with van der Waals surface area (Å²) in [7, 11) is 0. The highest BCUT2D eigenvalue weighted by atomic mass is 16.3. The Labute approximate surface area is 83.9 Å². The first kappa shape index (κ1) is 9.93. The monoisotopic (exact) mass is 198 g/mol. The molecule has 0 aliphatic heterocycles. The number of hydrogen-bond acceptors (Lipinski definition) is 3. The fourth-order valence-corrected chi connectivity index (χ4v) is 1.95. The number of aliphatic hydroxyl groups excluding tert-OH is 1. The molecular formula is C10H18N2O2. The molecule has 0 aromatic carbocycles. The van der Waals surface area contributed by atoms with Gasteiger partial charge in [-0.3, -0.25) is 4.79 Å². The van der Waals surface area contributed by atoms with Gasteiger partial charge in [0.05, 0.1) is 17.7 Å². The first-order valence-corrected chi connectivity index (χ1v) is 5.40. The summed E-state index contributed by atoms with van der Waals surface area (Å²) in [6.07, 6.45) is 4.99. The van der Waals surface area contributed by atoms with E-state index in [0.717, 1.165) is 38.5 Å².